The van der Waals surface area contributed by atoms with Crippen LogP contribution in [0.3, 0.4) is 0 Å². The number of amides is 10. The van der Waals surface area contributed by atoms with E-state index in [9.17, 15) is 63.0 Å². The molecule has 0 radical (unpaired) electrons. The number of primary amides is 1. The zero-order valence-corrected chi connectivity index (χ0v) is 53.4. The van der Waals surface area contributed by atoms with Crippen LogP contribution in [-0.2, 0) is 59.2 Å². The zero-order chi connectivity index (χ0) is 67.1. The molecule has 0 aliphatic carbocycles. The van der Waals surface area contributed by atoms with Gasteiger partial charge in [-0.2, -0.15) is 0 Å². The summed E-state index contributed by atoms with van der Waals surface area (Å²) in [6.45, 7) is 15.5. The van der Waals surface area contributed by atoms with Gasteiger partial charge in [0, 0.05) is 38.9 Å². The Labute approximate surface area is 522 Å². The molecule has 89 heavy (non-hydrogen) atoms. The maximum Gasteiger partial charge on any atom is 0.305 e. The number of carbonyl (C=O) groups is 11. The average molecular weight is 1260 g/mol. The van der Waals surface area contributed by atoms with Crippen LogP contribution in [0.5, 0.6) is 0 Å². The van der Waals surface area contributed by atoms with Gasteiger partial charge in [-0.1, -0.05) is 118 Å². The number of aliphatic hydroxyl groups is 1. The minimum atomic E-state index is -1.84. The molecule has 0 unspecified atom stereocenters. The molecule has 29 heteroatoms. The number of aliphatic imine (C=N–C) groups is 2. The van der Waals surface area contributed by atoms with Crippen LogP contribution in [0.4, 0.5) is 0 Å². The highest BCUT2D eigenvalue weighted by Crippen LogP contribution is 2.25. The first-order valence-electron chi connectivity index (χ1n) is 30.8. The number of β-amino-alcohol motifs (C(OH)–C–C–N with tert-alkyl or cyclic N) is 1. The summed E-state index contributed by atoms with van der Waals surface area (Å²) in [5, 5.41) is 42.1. The van der Waals surface area contributed by atoms with Crippen LogP contribution < -0.4 is 71.2 Å². The van der Waals surface area contributed by atoms with Gasteiger partial charge in [0.1, 0.15) is 54.4 Å². The van der Waals surface area contributed by atoms with Crippen LogP contribution in [0, 0.1) is 17.3 Å². The number of rotatable bonds is 40. The van der Waals surface area contributed by atoms with E-state index >= 15 is 0 Å². The number of nitrogens with two attached hydrogens (primary N) is 5. The number of nitrogens with zero attached hydrogens (tertiary/aromatic N) is 3. The van der Waals surface area contributed by atoms with E-state index in [-0.39, 0.29) is 101 Å². The summed E-state index contributed by atoms with van der Waals surface area (Å²) in [5.74, 6) is -10.7. The molecule has 11 atom stereocenters. The lowest BCUT2D eigenvalue weighted by molar-refractivity contribution is -0.143. The molecule has 0 spiro atoms. The molecule has 0 saturated carbocycles. The van der Waals surface area contributed by atoms with Gasteiger partial charge >= 0.3 is 5.97 Å². The first-order valence-corrected chi connectivity index (χ1v) is 30.8. The smallest absolute Gasteiger partial charge is 0.305 e. The molecule has 1 fully saturated rings. The molecular weight excluding hydrogens is 1150 g/mol. The highest BCUT2D eigenvalue weighted by molar-refractivity contribution is 5.99. The summed E-state index contributed by atoms with van der Waals surface area (Å²) in [7, 11) is 0. The zero-order valence-electron chi connectivity index (χ0n) is 53.4. The largest absolute Gasteiger partial charge is 0.481 e. The van der Waals surface area contributed by atoms with E-state index in [2.05, 4.69) is 59.4 Å². The molecule has 0 bridgehead atoms. The highest BCUT2D eigenvalue weighted by Gasteiger charge is 2.44. The molecule has 500 valence electrons. The molecule has 1 aliphatic rings. The van der Waals surface area contributed by atoms with Crippen molar-refractivity contribution in [3.8, 4) is 0 Å². The first kappa shape index (κ1) is 77.0. The third-order valence-electron chi connectivity index (χ3n) is 14.8. The standard InChI is InChI=1S/C60H102N16O13/c1-10-12-13-14-18-25-46(78)68-36(6)50(82)71-41(29-37-21-16-15-17-22-37)53(85)69-39(23-19-26-66-58(62)63)51(83)73-43(28-34(3)4)57(89)76-33-38(77)30-45(76)56(88)74-44(32-60(7,8)9)55(87)72-42(31-47(79)80)54(86)70-40(24-20-27-67-59(64)65)52(84)75-48(49(61)81)35(5)11-2/h15-17,21-22,34-36,38-45,48,77H,10-14,18-20,23-33H2,1-9H3,(H2,61,81)(H,68,78)(H,69,85)(H,70,86)(H,71,82)(H,72,87)(H,73,83)(H,74,88)(H,75,84)(H,79,80)(H4,62,63,66)(H4,64,65,67)/t35-,36-,38+,39-,40-,41-,42-,43-,44-,45-,48-/m0/s1. The Balaban J connectivity index is 2.51. The molecule has 0 aromatic heterocycles. The van der Waals surface area contributed by atoms with Crippen molar-refractivity contribution in [1.82, 2.24) is 47.4 Å². The predicted molar refractivity (Wildman–Crippen MR) is 335 cm³/mol. The predicted octanol–water partition coefficient (Wildman–Crippen LogP) is -0.955. The Morgan fingerprint density at radius 1 is 0.618 bits per heavy atom. The number of hydrogen-bond acceptors (Lipinski definition) is 14. The number of carbonyl (C=O) groups excluding carboxylic acids is 10. The Kier molecular flexibility index (Phi) is 33.7. The number of unbranched alkanes of at least 4 members (excludes halogenated alkanes) is 4. The number of likely N-dealkylation sites (tertiary alicyclic amines) is 1. The Morgan fingerprint density at radius 3 is 1.64 bits per heavy atom. The highest BCUT2D eigenvalue weighted by atomic mass is 16.4. The van der Waals surface area contributed by atoms with Crippen LogP contribution in [0.15, 0.2) is 40.3 Å². The minimum absolute atomic E-state index is 0.000328. The number of hydrogen-bond donors (Lipinski definition) is 15. The number of aliphatic carboxylic acids is 1. The van der Waals surface area contributed by atoms with E-state index in [0.717, 1.165) is 30.6 Å². The van der Waals surface area contributed by atoms with Crippen LogP contribution in [0.25, 0.3) is 0 Å². The van der Waals surface area contributed by atoms with Crippen molar-refractivity contribution in [3.63, 3.8) is 0 Å². The molecule has 1 aliphatic heterocycles. The lowest BCUT2D eigenvalue weighted by atomic mass is 9.87. The summed E-state index contributed by atoms with van der Waals surface area (Å²) < 4.78 is 0. The normalized spacial score (nSPS) is 16.9. The second-order valence-corrected chi connectivity index (χ2v) is 24.6. The molecule has 1 heterocycles. The lowest BCUT2D eigenvalue weighted by Crippen LogP contribution is -2.61. The van der Waals surface area contributed by atoms with Crippen LogP contribution in [0.2, 0.25) is 0 Å². The van der Waals surface area contributed by atoms with Crippen molar-refractivity contribution in [2.75, 3.05) is 19.6 Å². The Bertz CT molecular complexity index is 2570. The SMILES string of the molecule is CCCCCCCC(=O)N[C@@H](C)C(=O)N[C@@H](Cc1ccccc1)C(=O)N[C@@H](CCCN=C(N)N)C(=O)N[C@@H](CC(C)C)C(=O)N1C[C@H](O)C[C@H]1C(=O)N[C@@H](CC(C)(C)C)C(=O)N[C@@H](CC(=O)O)C(=O)N[C@@H](CCCN=C(N)N)C(=O)N[C@H](C(N)=O)[C@@H](C)CC. The van der Waals surface area contributed by atoms with Crippen molar-refractivity contribution < 1.29 is 63.0 Å². The Morgan fingerprint density at radius 2 is 1.12 bits per heavy atom. The van der Waals surface area contributed by atoms with Crippen molar-refractivity contribution in [2.45, 2.75) is 226 Å². The lowest BCUT2D eigenvalue weighted by Gasteiger charge is -2.32. The fourth-order valence-electron chi connectivity index (χ4n) is 9.91. The van der Waals surface area contributed by atoms with Crippen molar-refractivity contribution in [3.05, 3.63) is 35.9 Å². The van der Waals surface area contributed by atoms with Gasteiger partial charge < -0.3 is 86.3 Å². The van der Waals surface area contributed by atoms with Gasteiger partial charge in [-0.05, 0) is 74.7 Å². The van der Waals surface area contributed by atoms with Crippen molar-refractivity contribution >= 4 is 77.0 Å². The van der Waals surface area contributed by atoms with E-state index in [1.165, 1.54) is 6.92 Å². The first-order chi connectivity index (χ1) is 41.8. The summed E-state index contributed by atoms with van der Waals surface area (Å²) in [6, 6.07) is -3.57. The molecule has 1 aromatic rings. The number of benzene rings is 1. The van der Waals surface area contributed by atoms with Gasteiger partial charge in [-0.3, -0.25) is 62.7 Å². The van der Waals surface area contributed by atoms with E-state index in [4.69, 9.17) is 28.7 Å². The molecule has 20 N–H and O–H groups in total. The number of guanidine groups is 2. The number of aliphatic hydroxyl groups excluding tert-OH is 1. The van der Waals surface area contributed by atoms with Crippen LogP contribution >= 0.6 is 0 Å². The average Bonchev–Trinajstić information content (AvgIpc) is 1.86. The molecule has 1 saturated heterocycles. The summed E-state index contributed by atoms with van der Waals surface area (Å²) in [4.78, 5) is 161. The number of carboxylic acids is 1. The molecule has 2 rings (SSSR count). The second kappa shape index (κ2) is 39.0. The molecule has 1 aromatic carbocycles. The van der Waals surface area contributed by atoms with Gasteiger partial charge in [0.05, 0.1) is 12.5 Å². The van der Waals surface area contributed by atoms with E-state index in [1.807, 2.05) is 0 Å². The third-order valence-corrected chi connectivity index (χ3v) is 14.8. The third kappa shape index (κ3) is 29.6. The monoisotopic (exact) mass is 1250 g/mol. The fraction of sp³-hybridized carbons (Fsp3) is 0.683. The topological polar surface area (TPSA) is 483 Å². The molecule has 29 nitrogen and oxygen atoms in total. The molecule has 10 amide bonds. The van der Waals surface area contributed by atoms with E-state index in [1.54, 1.807) is 78.8 Å². The minimum Gasteiger partial charge on any atom is -0.481 e. The van der Waals surface area contributed by atoms with Crippen LogP contribution in [0.1, 0.15) is 164 Å². The maximum absolute atomic E-state index is 14.9. The summed E-state index contributed by atoms with van der Waals surface area (Å²) in [5.41, 5.74) is 27.6. The number of nitrogens with one attached hydrogen (secondary N) is 8. The number of carboxylic acid groups (broad SMARTS) is 1. The van der Waals surface area contributed by atoms with Gasteiger partial charge in [0.2, 0.25) is 59.1 Å². The second-order valence-electron chi connectivity index (χ2n) is 24.6. The van der Waals surface area contributed by atoms with E-state index < -0.39 is 137 Å². The molecular formula is C60H102N16O13. The summed E-state index contributed by atoms with van der Waals surface area (Å²) >= 11 is 0. The van der Waals surface area contributed by atoms with Crippen LogP contribution in [-0.4, -0.2) is 172 Å². The Hall–Kier alpha value is -8.11. The quantitative estimate of drug-likeness (QED) is 0.0214. The van der Waals surface area contributed by atoms with Gasteiger partial charge in [-0.15, -0.1) is 0 Å². The summed E-state index contributed by atoms with van der Waals surface area (Å²) in [6.07, 6.45) is 2.66. The maximum atomic E-state index is 14.9. The van der Waals surface area contributed by atoms with Gasteiger partial charge in [-0.25, -0.2) is 0 Å². The van der Waals surface area contributed by atoms with Crippen molar-refractivity contribution in [1.29, 1.82) is 0 Å². The fourth-order valence-corrected chi connectivity index (χ4v) is 9.91. The van der Waals surface area contributed by atoms with Gasteiger partial charge in [0.15, 0.2) is 11.9 Å². The van der Waals surface area contributed by atoms with E-state index in [0.29, 0.717) is 18.4 Å². The van der Waals surface area contributed by atoms with Gasteiger partial charge in [0.25, 0.3) is 0 Å². The van der Waals surface area contributed by atoms with Crippen molar-refractivity contribution in [2.24, 2.45) is 55.9 Å².